The second-order valence-electron chi connectivity index (χ2n) is 6.18. The van der Waals surface area contributed by atoms with Crippen LogP contribution in [-0.4, -0.2) is 0 Å². The van der Waals surface area contributed by atoms with E-state index < -0.39 is 0 Å². The minimum absolute atomic E-state index is 1.36. The van der Waals surface area contributed by atoms with E-state index in [0.29, 0.717) is 0 Å². The summed E-state index contributed by atoms with van der Waals surface area (Å²) in [6.07, 6.45) is 21.4. The summed E-state index contributed by atoms with van der Waals surface area (Å²) in [5, 5.41) is 0. The maximum atomic E-state index is 2.31. The molecule has 0 aliphatic heterocycles. The molecule has 0 saturated carbocycles. The van der Waals surface area contributed by atoms with E-state index in [1.165, 1.54) is 96.3 Å². The maximum absolute atomic E-state index is 2.31. The lowest BCUT2D eigenvalue weighted by atomic mass is 9.90. The van der Waals surface area contributed by atoms with E-state index in [2.05, 4.69) is 20.8 Å². The van der Waals surface area contributed by atoms with E-state index in [-0.39, 0.29) is 0 Å². The Morgan fingerprint density at radius 1 is 0.421 bits per heavy atom. The summed E-state index contributed by atoms with van der Waals surface area (Å²) in [7, 11) is 0. The number of rotatable bonds is 15. The third kappa shape index (κ3) is 14.2. The van der Waals surface area contributed by atoms with Crippen LogP contribution in [0.2, 0.25) is 0 Å². The fraction of sp³-hybridized carbons (Fsp3) is 0.947. The van der Waals surface area contributed by atoms with Crippen molar-refractivity contribution in [2.75, 3.05) is 0 Å². The molecule has 0 bridgehead atoms. The molecule has 0 aromatic rings. The Kier molecular flexibility index (Phi) is 16.1. The van der Waals surface area contributed by atoms with Crippen LogP contribution in [0.5, 0.6) is 0 Å². The van der Waals surface area contributed by atoms with Gasteiger partial charge in [0, 0.05) is 0 Å². The van der Waals surface area contributed by atoms with Crippen molar-refractivity contribution in [1.29, 1.82) is 0 Å². The molecule has 0 atom stereocenters. The molecular weight excluding hydrogens is 228 g/mol. The van der Waals surface area contributed by atoms with Gasteiger partial charge in [-0.05, 0) is 25.2 Å². The average molecular weight is 268 g/mol. The SMILES string of the molecule is CCCCCC[C](CCCCCC)CCCCCC. The molecule has 0 fully saturated rings. The van der Waals surface area contributed by atoms with Crippen LogP contribution in [0.3, 0.4) is 0 Å². The monoisotopic (exact) mass is 267 g/mol. The van der Waals surface area contributed by atoms with Gasteiger partial charge in [-0.3, -0.25) is 0 Å². The predicted octanol–water partition coefficient (Wildman–Crippen LogP) is 7.47. The van der Waals surface area contributed by atoms with Crippen LogP contribution in [0.1, 0.15) is 117 Å². The van der Waals surface area contributed by atoms with Gasteiger partial charge in [-0.25, -0.2) is 0 Å². The van der Waals surface area contributed by atoms with Crippen LogP contribution >= 0.6 is 0 Å². The summed E-state index contributed by atoms with van der Waals surface area (Å²) >= 11 is 0. The fourth-order valence-electron chi connectivity index (χ4n) is 2.78. The molecule has 0 nitrogen and oxygen atoms in total. The van der Waals surface area contributed by atoms with Crippen molar-refractivity contribution in [1.82, 2.24) is 0 Å². The summed E-state index contributed by atoms with van der Waals surface area (Å²) in [5.41, 5.74) is 0. The van der Waals surface area contributed by atoms with Gasteiger partial charge >= 0.3 is 0 Å². The molecule has 0 spiro atoms. The Balaban J connectivity index is 3.66. The first-order chi connectivity index (χ1) is 9.35. The van der Waals surface area contributed by atoms with Gasteiger partial charge in [-0.2, -0.15) is 0 Å². The second-order valence-corrected chi connectivity index (χ2v) is 6.18. The van der Waals surface area contributed by atoms with E-state index in [0.717, 1.165) is 0 Å². The summed E-state index contributed by atoms with van der Waals surface area (Å²) in [6.45, 7) is 6.92. The van der Waals surface area contributed by atoms with Crippen LogP contribution in [0.25, 0.3) is 0 Å². The quantitative estimate of drug-likeness (QED) is 0.270. The Hall–Kier alpha value is 0. The van der Waals surface area contributed by atoms with E-state index in [1.54, 1.807) is 0 Å². The molecule has 0 rings (SSSR count). The minimum atomic E-state index is 1.36. The van der Waals surface area contributed by atoms with E-state index in [1.807, 2.05) is 5.92 Å². The Labute approximate surface area is 123 Å². The minimum Gasteiger partial charge on any atom is -0.0654 e. The first-order valence-corrected chi connectivity index (χ1v) is 9.18. The highest BCUT2D eigenvalue weighted by Crippen LogP contribution is 2.25. The van der Waals surface area contributed by atoms with Crippen LogP contribution in [0, 0.1) is 5.92 Å². The topological polar surface area (TPSA) is 0 Å². The zero-order valence-electron chi connectivity index (χ0n) is 14.1. The molecule has 0 aromatic carbocycles. The third-order valence-electron chi connectivity index (χ3n) is 4.15. The largest absolute Gasteiger partial charge is 0.0654 e. The zero-order valence-corrected chi connectivity index (χ0v) is 14.1. The molecular formula is C19H39. The zero-order chi connectivity index (χ0) is 14.2. The van der Waals surface area contributed by atoms with Gasteiger partial charge in [0.1, 0.15) is 0 Å². The van der Waals surface area contributed by atoms with Gasteiger partial charge in [0.15, 0.2) is 0 Å². The van der Waals surface area contributed by atoms with Crippen LogP contribution in [-0.2, 0) is 0 Å². The Bertz CT molecular complexity index is 122. The second kappa shape index (κ2) is 16.1. The average Bonchev–Trinajstić information content (AvgIpc) is 2.43. The van der Waals surface area contributed by atoms with Crippen LogP contribution in [0.4, 0.5) is 0 Å². The molecule has 0 amide bonds. The van der Waals surface area contributed by atoms with Crippen LogP contribution in [0.15, 0.2) is 0 Å². The molecule has 0 unspecified atom stereocenters. The molecule has 0 heteroatoms. The summed E-state index contributed by atoms with van der Waals surface area (Å²) < 4.78 is 0. The number of hydrogen-bond donors (Lipinski definition) is 0. The van der Waals surface area contributed by atoms with Crippen molar-refractivity contribution in [3.63, 3.8) is 0 Å². The molecule has 0 aliphatic rings. The van der Waals surface area contributed by atoms with Crippen LogP contribution < -0.4 is 0 Å². The van der Waals surface area contributed by atoms with Crippen molar-refractivity contribution in [3.05, 3.63) is 5.92 Å². The van der Waals surface area contributed by atoms with E-state index in [4.69, 9.17) is 0 Å². The summed E-state index contributed by atoms with van der Waals surface area (Å²) in [6, 6.07) is 0. The lowest BCUT2D eigenvalue weighted by Crippen LogP contribution is -1.99. The summed E-state index contributed by atoms with van der Waals surface area (Å²) in [5.74, 6) is 1.89. The van der Waals surface area contributed by atoms with Gasteiger partial charge < -0.3 is 0 Å². The standard InChI is InChI=1S/C19H39/c1-4-7-10-13-16-19(17-14-11-8-5-2)18-15-12-9-6-3/h4-18H2,1-3H3. The molecule has 1 radical (unpaired) electrons. The summed E-state index contributed by atoms with van der Waals surface area (Å²) in [4.78, 5) is 0. The molecule has 0 heterocycles. The van der Waals surface area contributed by atoms with Gasteiger partial charge in [-0.1, -0.05) is 97.8 Å². The normalized spacial score (nSPS) is 11.4. The molecule has 115 valence electrons. The van der Waals surface area contributed by atoms with Crippen molar-refractivity contribution in [2.45, 2.75) is 117 Å². The molecule has 0 aliphatic carbocycles. The maximum Gasteiger partial charge on any atom is -0.0241 e. The number of unbranched alkanes of at least 4 members (excludes halogenated alkanes) is 9. The fourth-order valence-corrected chi connectivity index (χ4v) is 2.78. The van der Waals surface area contributed by atoms with Crippen molar-refractivity contribution < 1.29 is 0 Å². The highest BCUT2D eigenvalue weighted by atomic mass is 14.1. The van der Waals surface area contributed by atoms with Gasteiger partial charge in [0.05, 0.1) is 0 Å². The van der Waals surface area contributed by atoms with Crippen molar-refractivity contribution in [2.24, 2.45) is 0 Å². The van der Waals surface area contributed by atoms with E-state index >= 15 is 0 Å². The molecule has 0 saturated heterocycles. The molecule has 19 heavy (non-hydrogen) atoms. The van der Waals surface area contributed by atoms with Crippen molar-refractivity contribution in [3.8, 4) is 0 Å². The third-order valence-corrected chi connectivity index (χ3v) is 4.15. The van der Waals surface area contributed by atoms with Crippen molar-refractivity contribution >= 4 is 0 Å². The van der Waals surface area contributed by atoms with Gasteiger partial charge in [0.2, 0.25) is 0 Å². The lowest BCUT2D eigenvalue weighted by molar-refractivity contribution is 0.528. The molecule has 0 N–H and O–H groups in total. The first kappa shape index (κ1) is 19.0. The lowest BCUT2D eigenvalue weighted by Gasteiger charge is -2.16. The predicted molar refractivity (Wildman–Crippen MR) is 89.5 cm³/mol. The smallest absolute Gasteiger partial charge is 0.0241 e. The highest BCUT2D eigenvalue weighted by Gasteiger charge is 2.08. The van der Waals surface area contributed by atoms with E-state index in [9.17, 15) is 0 Å². The van der Waals surface area contributed by atoms with Gasteiger partial charge in [0.25, 0.3) is 0 Å². The Morgan fingerprint density at radius 3 is 1.00 bits per heavy atom. The molecule has 0 aromatic heterocycles. The first-order valence-electron chi connectivity index (χ1n) is 9.18. The van der Waals surface area contributed by atoms with Gasteiger partial charge in [-0.15, -0.1) is 0 Å². The number of hydrogen-bond acceptors (Lipinski definition) is 0. The Morgan fingerprint density at radius 2 is 0.737 bits per heavy atom. The highest BCUT2D eigenvalue weighted by molar-refractivity contribution is 4.89.